The average Bonchev–Trinajstić information content (AvgIpc) is 3.11. The summed E-state index contributed by atoms with van der Waals surface area (Å²) in [6.45, 7) is -0.00525. The van der Waals surface area contributed by atoms with Crippen molar-refractivity contribution in [3.8, 4) is 0 Å². The van der Waals surface area contributed by atoms with Gasteiger partial charge in [-0.25, -0.2) is 9.18 Å². The molecule has 9 nitrogen and oxygen atoms in total. The molecule has 0 saturated heterocycles. The van der Waals surface area contributed by atoms with E-state index in [-0.39, 0.29) is 18.1 Å². The average molecular weight is 433 g/mol. The minimum atomic E-state index is -0.886. The number of aromatic amines is 2. The van der Waals surface area contributed by atoms with E-state index in [2.05, 4.69) is 15.5 Å². The zero-order valence-corrected chi connectivity index (χ0v) is 16.5. The van der Waals surface area contributed by atoms with Crippen LogP contribution in [0.3, 0.4) is 0 Å². The van der Waals surface area contributed by atoms with E-state index in [1.807, 2.05) is 29.2 Å². The molecule has 0 fully saturated rings. The SMILES string of the molecule is O=Nc1c(/C=C/c2cn(CC(=O)Nc3ccc(F)cc3)c3ccccc23)[nH]c(=O)[nH]c1=O. The number of para-hydroxylation sites is 1. The standard InChI is InChI=1S/C22H16FN5O4/c23-14-6-8-15(9-7-14)24-19(29)12-28-11-13(16-3-1-2-4-18(16)28)5-10-17-20(27-32)21(30)26-22(31)25-17/h1-11H,12H2,(H,24,29)(H2,25,26,30,31)/b10-5+. The third kappa shape index (κ3) is 4.29. The highest BCUT2D eigenvalue weighted by Crippen LogP contribution is 2.24. The number of carbonyl (C=O) groups is 1. The van der Waals surface area contributed by atoms with Crippen LogP contribution in [0.15, 0.2) is 69.5 Å². The molecule has 4 rings (SSSR count). The molecule has 0 aliphatic carbocycles. The van der Waals surface area contributed by atoms with E-state index < -0.39 is 22.8 Å². The van der Waals surface area contributed by atoms with E-state index in [9.17, 15) is 23.7 Å². The molecule has 32 heavy (non-hydrogen) atoms. The first kappa shape index (κ1) is 20.7. The number of aromatic nitrogens is 3. The summed E-state index contributed by atoms with van der Waals surface area (Å²) in [5.74, 6) is -0.704. The summed E-state index contributed by atoms with van der Waals surface area (Å²) < 4.78 is 14.8. The van der Waals surface area contributed by atoms with Gasteiger partial charge in [0.15, 0.2) is 5.69 Å². The van der Waals surface area contributed by atoms with Crippen molar-refractivity contribution in [2.75, 3.05) is 5.32 Å². The van der Waals surface area contributed by atoms with Crippen molar-refractivity contribution in [3.05, 3.63) is 97.5 Å². The summed E-state index contributed by atoms with van der Waals surface area (Å²) >= 11 is 0. The van der Waals surface area contributed by atoms with Crippen LogP contribution in [0.5, 0.6) is 0 Å². The topological polar surface area (TPSA) is 129 Å². The molecule has 1 amide bonds. The molecule has 0 spiro atoms. The Morgan fingerprint density at radius 2 is 1.81 bits per heavy atom. The number of nitrogens with one attached hydrogen (secondary N) is 3. The van der Waals surface area contributed by atoms with Crippen molar-refractivity contribution in [1.29, 1.82) is 0 Å². The molecule has 160 valence electrons. The second-order valence-corrected chi connectivity index (χ2v) is 6.88. The van der Waals surface area contributed by atoms with Gasteiger partial charge in [-0.2, -0.15) is 0 Å². The smallest absolute Gasteiger partial charge is 0.326 e. The van der Waals surface area contributed by atoms with Crippen molar-refractivity contribution < 1.29 is 9.18 Å². The van der Waals surface area contributed by atoms with Gasteiger partial charge in [0, 0.05) is 28.4 Å². The van der Waals surface area contributed by atoms with Gasteiger partial charge >= 0.3 is 5.69 Å². The number of amides is 1. The fraction of sp³-hybridized carbons (Fsp3) is 0.0455. The molecule has 0 saturated carbocycles. The van der Waals surface area contributed by atoms with Gasteiger partial charge in [-0.15, -0.1) is 4.91 Å². The molecule has 0 aliphatic heterocycles. The van der Waals surface area contributed by atoms with Gasteiger partial charge in [0.1, 0.15) is 12.4 Å². The van der Waals surface area contributed by atoms with Crippen LogP contribution < -0.4 is 16.6 Å². The van der Waals surface area contributed by atoms with Crippen LogP contribution in [0.1, 0.15) is 11.3 Å². The Hall–Kier alpha value is -4.60. The number of hydrogen-bond donors (Lipinski definition) is 3. The van der Waals surface area contributed by atoms with Crippen LogP contribution in [0.25, 0.3) is 23.1 Å². The molecule has 2 heterocycles. The normalized spacial score (nSPS) is 11.2. The maximum atomic E-state index is 13.1. The van der Waals surface area contributed by atoms with Crippen molar-refractivity contribution in [1.82, 2.24) is 14.5 Å². The monoisotopic (exact) mass is 433 g/mol. The lowest BCUT2D eigenvalue weighted by atomic mass is 10.1. The number of carbonyl (C=O) groups excluding carboxylic acids is 1. The first-order chi connectivity index (χ1) is 15.4. The Morgan fingerprint density at radius 3 is 2.56 bits per heavy atom. The third-order valence-corrected chi connectivity index (χ3v) is 4.73. The maximum absolute atomic E-state index is 13.1. The highest BCUT2D eigenvalue weighted by molar-refractivity contribution is 5.95. The van der Waals surface area contributed by atoms with Crippen molar-refractivity contribution >= 4 is 40.3 Å². The molecule has 0 unspecified atom stereocenters. The summed E-state index contributed by atoms with van der Waals surface area (Å²) in [4.78, 5) is 51.1. The van der Waals surface area contributed by atoms with Crippen LogP contribution in [0.4, 0.5) is 15.8 Å². The van der Waals surface area contributed by atoms with E-state index in [1.165, 1.54) is 30.3 Å². The first-order valence-corrected chi connectivity index (χ1v) is 9.46. The summed E-state index contributed by atoms with van der Waals surface area (Å²) in [7, 11) is 0. The second kappa shape index (κ2) is 8.64. The maximum Gasteiger partial charge on any atom is 0.326 e. The lowest BCUT2D eigenvalue weighted by molar-refractivity contribution is -0.116. The molecule has 0 bridgehead atoms. The van der Waals surface area contributed by atoms with Gasteiger partial charge in [-0.3, -0.25) is 14.6 Å². The van der Waals surface area contributed by atoms with Crippen LogP contribution in [0.2, 0.25) is 0 Å². The minimum Gasteiger partial charge on any atom is -0.337 e. The summed E-state index contributed by atoms with van der Waals surface area (Å²) in [6, 6.07) is 12.8. The van der Waals surface area contributed by atoms with E-state index in [0.29, 0.717) is 11.3 Å². The zero-order valence-electron chi connectivity index (χ0n) is 16.5. The van der Waals surface area contributed by atoms with Crippen molar-refractivity contribution in [2.45, 2.75) is 6.54 Å². The highest BCUT2D eigenvalue weighted by Gasteiger charge is 2.11. The fourth-order valence-corrected chi connectivity index (χ4v) is 3.31. The Morgan fingerprint density at radius 1 is 1.06 bits per heavy atom. The van der Waals surface area contributed by atoms with Gasteiger partial charge in [0.05, 0.1) is 5.69 Å². The van der Waals surface area contributed by atoms with Crippen LogP contribution >= 0.6 is 0 Å². The molecule has 0 radical (unpaired) electrons. The van der Waals surface area contributed by atoms with Gasteiger partial charge < -0.3 is 14.9 Å². The minimum absolute atomic E-state index is 0.00525. The number of H-pyrrole nitrogens is 2. The quantitative estimate of drug-likeness (QED) is 0.403. The van der Waals surface area contributed by atoms with Crippen molar-refractivity contribution in [3.63, 3.8) is 0 Å². The number of halogens is 1. The highest BCUT2D eigenvalue weighted by atomic mass is 19.1. The van der Waals surface area contributed by atoms with E-state index in [4.69, 9.17) is 0 Å². The molecule has 2 aromatic carbocycles. The number of hydrogen-bond acceptors (Lipinski definition) is 5. The Balaban J connectivity index is 1.65. The van der Waals surface area contributed by atoms with Crippen LogP contribution in [-0.4, -0.2) is 20.4 Å². The predicted octanol–water partition coefficient (Wildman–Crippen LogP) is 3.36. The van der Waals surface area contributed by atoms with Crippen LogP contribution in [-0.2, 0) is 11.3 Å². The van der Waals surface area contributed by atoms with Crippen LogP contribution in [0, 0.1) is 10.7 Å². The molecule has 10 heteroatoms. The fourth-order valence-electron chi connectivity index (χ4n) is 3.31. The Kier molecular flexibility index (Phi) is 5.58. The second-order valence-electron chi connectivity index (χ2n) is 6.88. The largest absolute Gasteiger partial charge is 0.337 e. The lowest BCUT2D eigenvalue weighted by Crippen LogP contribution is -2.22. The molecular weight excluding hydrogens is 417 g/mol. The number of fused-ring (bicyclic) bond motifs is 1. The number of rotatable bonds is 6. The number of nitrogens with zero attached hydrogens (tertiary/aromatic N) is 2. The van der Waals surface area contributed by atoms with Crippen molar-refractivity contribution in [2.24, 2.45) is 5.18 Å². The third-order valence-electron chi connectivity index (χ3n) is 4.73. The summed E-state index contributed by atoms with van der Waals surface area (Å²) in [5.41, 5.74) is -0.184. The van der Waals surface area contributed by atoms with Gasteiger partial charge in [-0.05, 0) is 41.6 Å². The first-order valence-electron chi connectivity index (χ1n) is 9.46. The van der Waals surface area contributed by atoms with Gasteiger partial charge in [-0.1, -0.05) is 24.3 Å². The molecular formula is C22H16FN5O4. The summed E-state index contributed by atoms with van der Waals surface area (Å²) in [5, 5.41) is 6.20. The molecule has 0 atom stereocenters. The molecule has 3 N–H and O–H groups in total. The Bertz CT molecular complexity index is 1460. The molecule has 0 aliphatic rings. The zero-order chi connectivity index (χ0) is 22.7. The Labute approximate surface area is 179 Å². The molecule has 4 aromatic rings. The van der Waals surface area contributed by atoms with E-state index >= 15 is 0 Å². The lowest BCUT2D eigenvalue weighted by Gasteiger charge is -2.07. The van der Waals surface area contributed by atoms with Gasteiger partial charge in [0.25, 0.3) is 5.56 Å². The predicted molar refractivity (Wildman–Crippen MR) is 119 cm³/mol. The van der Waals surface area contributed by atoms with E-state index in [1.54, 1.807) is 16.8 Å². The number of anilines is 1. The number of nitroso groups, excluding NO2 is 1. The molecule has 2 aromatic heterocycles. The van der Waals surface area contributed by atoms with E-state index in [0.717, 1.165) is 10.9 Å². The number of benzene rings is 2. The summed E-state index contributed by atoms with van der Waals surface area (Å²) in [6.07, 6.45) is 4.73. The van der Waals surface area contributed by atoms with Gasteiger partial charge in [0.2, 0.25) is 5.91 Å².